The van der Waals surface area contributed by atoms with Crippen LogP contribution in [0.5, 0.6) is 5.75 Å². The Morgan fingerprint density at radius 3 is 2.85 bits per heavy atom. The number of nitrogens with one attached hydrogen (secondary N) is 1. The predicted molar refractivity (Wildman–Crippen MR) is 89.5 cm³/mol. The van der Waals surface area contributed by atoms with Gasteiger partial charge in [-0.05, 0) is 65.4 Å². The minimum Gasteiger partial charge on any atom is -0.484 e. The number of aryl methyl sites for hydroxylation is 1. The molecule has 0 aromatic heterocycles. The van der Waals surface area contributed by atoms with E-state index in [1.807, 2.05) is 37.3 Å². The second-order valence-electron chi connectivity index (χ2n) is 4.25. The molecular weight excluding hydrogens is 389 g/mol. The Morgan fingerprint density at radius 2 is 2.10 bits per heavy atom. The first kappa shape index (κ1) is 15.1. The van der Waals surface area contributed by atoms with Crippen LogP contribution in [0.25, 0.3) is 0 Å². The lowest BCUT2D eigenvalue weighted by molar-refractivity contribution is -0.118. The molecule has 20 heavy (non-hydrogen) atoms. The van der Waals surface area contributed by atoms with Crippen molar-refractivity contribution in [2.45, 2.75) is 6.92 Å². The summed E-state index contributed by atoms with van der Waals surface area (Å²) < 4.78 is 6.50. The first-order valence-electron chi connectivity index (χ1n) is 5.99. The van der Waals surface area contributed by atoms with E-state index >= 15 is 0 Å². The summed E-state index contributed by atoms with van der Waals surface area (Å²) in [6, 6.07) is 12.9. The third-order valence-electron chi connectivity index (χ3n) is 2.64. The number of anilines is 1. The van der Waals surface area contributed by atoms with E-state index in [2.05, 4.69) is 27.9 Å². The van der Waals surface area contributed by atoms with Crippen LogP contribution in [-0.4, -0.2) is 12.5 Å². The number of carbonyl (C=O) groups is 1. The van der Waals surface area contributed by atoms with Gasteiger partial charge in [0.1, 0.15) is 5.75 Å². The fraction of sp³-hybridized carbons (Fsp3) is 0.133. The lowest BCUT2D eigenvalue weighted by Crippen LogP contribution is -2.20. The van der Waals surface area contributed by atoms with Crippen LogP contribution < -0.4 is 10.1 Å². The van der Waals surface area contributed by atoms with E-state index < -0.39 is 0 Å². The van der Waals surface area contributed by atoms with Crippen LogP contribution in [0.15, 0.2) is 42.5 Å². The molecule has 0 atom stereocenters. The fourth-order valence-corrected chi connectivity index (χ4v) is 2.31. The maximum Gasteiger partial charge on any atom is 0.262 e. The molecule has 1 amide bonds. The SMILES string of the molecule is Cc1ccc(Cl)cc1NC(=O)COc1cccc(I)c1. The van der Waals surface area contributed by atoms with Gasteiger partial charge in [0.15, 0.2) is 6.61 Å². The minimum absolute atomic E-state index is 0.0357. The number of halogens is 2. The van der Waals surface area contributed by atoms with E-state index in [9.17, 15) is 4.79 Å². The standard InChI is InChI=1S/C15H13ClINO2/c1-10-5-6-11(16)7-14(10)18-15(19)9-20-13-4-2-3-12(17)8-13/h2-8H,9H2,1H3,(H,18,19). The summed E-state index contributed by atoms with van der Waals surface area (Å²) in [6.45, 7) is 1.87. The van der Waals surface area contributed by atoms with Crippen molar-refractivity contribution in [3.05, 3.63) is 56.6 Å². The molecule has 104 valence electrons. The van der Waals surface area contributed by atoms with E-state index in [0.29, 0.717) is 16.5 Å². The molecule has 2 aromatic carbocycles. The normalized spacial score (nSPS) is 10.2. The van der Waals surface area contributed by atoms with Gasteiger partial charge >= 0.3 is 0 Å². The fourth-order valence-electron chi connectivity index (χ4n) is 1.62. The number of benzene rings is 2. The molecule has 0 saturated carbocycles. The largest absolute Gasteiger partial charge is 0.484 e. The summed E-state index contributed by atoms with van der Waals surface area (Å²) in [6.07, 6.45) is 0. The molecule has 0 spiro atoms. The molecule has 5 heteroatoms. The average Bonchev–Trinajstić information content (AvgIpc) is 2.41. The van der Waals surface area contributed by atoms with Crippen molar-refractivity contribution < 1.29 is 9.53 Å². The van der Waals surface area contributed by atoms with E-state index in [4.69, 9.17) is 16.3 Å². The summed E-state index contributed by atoms with van der Waals surface area (Å²) in [5.74, 6) is 0.462. The zero-order valence-electron chi connectivity index (χ0n) is 10.8. The van der Waals surface area contributed by atoms with Gasteiger partial charge in [0.25, 0.3) is 5.91 Å². The van der Waals surface area contributed by atoms with Crippen LogP contribution in [0.1, 0.15) is 5.56 Å². The molecule has 1 N–H and O–H groups in total. The molecule has 0 fully saturated rings. The molecule has 3 nitrogen and oxygen atoms in total. The second-order valence-corrected chi connectivity index (χ2v) is 5.94. The molecule has 0 aliphatic rings. The Hall–Kier alpha value is -1.27. The molecule has 0 aliphatic heterocycles. The lowest BCUT2D eigenvalue weighted by Gasteiger charge is -2.10. The molecule has 0 aliphatic carbocycles. The van der Waals surface area contributed by atoms with Crippen molar-refractivity contribution in [2.75, 3.05) is 11.9 Å². The summed E-state index contributed by atoms with van der Waals surface area (Å²) in [4.78, 5) is 11.9. The maximum absolute atomic E-state index is 11.9. The summed E-state index contributed by atoms with van der Waals surface area (Å²) in [5.41, 5.74) is 1.66. The smallest absolute Gasteiger partial charge is 0.262 e. The molecule has 0 unspecified atom stereocenters. The summed E-state index contributed by atoms with van der Waals surface area (Å²) in [7, 11) is 0. The van der Waals surface area contributed by atoms with Crippen LogP contribution in [0.2, 0.25) is 5.02 Å². The Labute approximate surface area is 136 Å². The van der Waals surface area contributed by atoms with Crippen molar-refractivity contribution in [2.24, 2.45) is 0 Å². The molecule has 0 radical (unpaired) electrons. The quantitative estimate of drug-likeness (QED) is 0.777. The number of ether oxygens (including phenoxy) is 1. The van der Waals surface area contributed by atoms with Gasteiger partial charge in [-0.3, -0.25) is 4.79 Å². The van der Waals surface area contributed by atoms with E-state index in [-0.39, 0.29) is 12.5 Å². The monoisotopic (exact) mass is 401 g/mol. The van der Waals surface area contributed by atoms with Gasteiger partial charge in [-0.1, -0.05) is 23.7 Å². The molecule has 0 bridgehead atoms. The van der Waals surface area contributed by atoms with Gasteiger partial charge in [0, 0.05) is 14.3 Å². The Morgan fingerprint density at radius 1 is 1.30 bits per heavy atom. The van der Waals surface area contributed by atoms with Gasteiger partial charge in [0.2, 0.25) is 0 Å². The number of hydrogen-bond donors (Lipinski definition) is 1. The second kappa shape index (κ2) is 6.95. The van der Waals surface area contributed by atoms with Crippen molar-refractivity contribution in [1.82, 2.24) is 0 Å². The van der Waals surface area contributed by atoms with Gasteiger partial charge in [-0.25, -0.2) is 0 Å². The molecule has 0 heterocycles. The van der Waals surface area contributed by atoms with E-state index in [1.54, 1.807) is 12.1 Å². The highest BCUT2D eigenvalue weighted by Crippen LogP contribution is 2.20. The first-order chi connectivity index (χ1) is 9.54. The van der Waals surface area contributed by atoms with Crippen LogP contribution >= 0.6 is 34.2 Å². The third-order valence-corrected chi connectivity index (χ3v) is 3.55. The van der Waals surface area contributed by atoms with Crippen molar-refractivity contribution in [3.8, 4) is 5.75 Å². The first-order valence-corrected chi connectivity index (χ1v) is 7.44. The topological polar surface area (TPSA) is 38.3 Å². The molecule has 0 saturated heterocycles. The van der Waals surface area contributed by atoms with Gasteiger partial charge in [-0.2, -0.15) is 0 Å². The van der Waals surface area contributed by atoms with Crippen LogP contribution in [0.4, 0.5) is 5.69 Å². The van der Waals surface area contributed by atoms with Gasteiger partial charge < -0.3 is 10.1 Å². The van der Waals surface area contributed by atoms with Gasteiger partial charge in [0.05, 0.1) is 0 Å². The number of amides is 1. The van der Waals surface area contributed by atoms with Crippen LogP contribution in [0.3, 0.4) is 0 Å². The van der Waals surface area contributed by atoms with Crippen molar-refractivity contribution in [1.29, 1.82) is 0 Å². The zero-order valence-corrected chi connectivity index (χ0v) is 13.7. The number of rotatable bonds is 4. The highest BCUT2D eigenvalue weighted by atomic mass is 127. The number of carbonyl (C=O) groups excluding carboxylic acids is 1. The molecule has 2 aromatic rings. The predicted octanol–water partition coefficient (Wildman–Crippen LogP) is 4.27. The van der Waals surface area contributed by atoms with Crippen molar-refractivity contribution >= 4 is 45.8 Å². The summed E-state index contributed by atoms with van der Waals surface area (Å²) >= 11 is 8.10. The van der Waals surface area contributed by atoms with Crippen molar-refractivity contribution in [3.63, 3.8) is 0 Å². The highest BCUT2D eigenvalue weighted by Gasteiger charge is 2.06. The van der Waals surface area contributed by atoms with E-state index in [1.165, 1.54) is 0 Å². The lowest BCUT2D eigenvalue weighted by atomic mass is 10.2. The van der Waals surface area contributed by atoms with Gasteiger partial charge in [-0.15, -0.1) is 0 Å². The molecular formula is C15H13ClINO2. The van der Waals surface area contributed by atoms with Crippen LogP contribution in [-0.2, 0) is 4.79 Å². The Kier molecular flexibility index (Phi) is 5.25. The van der Waals surface area contributed by atoms with E-state index in [0.717, 1.165) is 9.13 Å². The Bertz CT molecular complexity index is 631. The Balaban J connectivity index is 1.94. The number of hydrogen-bond acceptors (Lipinski definition) is 2. The highest BCUT2D eigenvalue weighted by molar-refractivity contribution is 14.1. The zero-order chi connectivity index (χ0) is 14.5. The maximum atomic E-state index is 11.9. The van der Waals surface area contributed by atoms with Crippen LogP contribution in [0, 0.1) is 10.5 Å². The minimum atomic E-state index is -0.214. The molecule has 2 rings (SSSR count). The summed E-state index contributed by atoms with van der Waals surface area (Å²) in [5, 5.41) is 3.37. The average molecular weight is 402 g/mol. The third kappa shape index (κ3) is 4.38.